The summed E-state index contributed by atoms with van der Waals surface area (Å²) in [4.78, 5) is 11.3. The molecule has 106 valence electrons. The molecule has 4 nitrogen and oxygen atoms in total. The van der Waals surface area contributed by atoms with Crippen molar-refractivity contribution < 1.29 is 13.2 Å². The Morgan fingerprint density at radius 3 is 2.16 bits per heavy atom. The standard InChI is InChI=1S/C14H21NO3S/c1-5-10(2)11(3)15-19(17,18)14-8-6-13(7-9-14)12(4)16/h6-11,15H,5H2,1-4H3. The molecule has 0 heterocycles. The summed E-state index contributed by atoms with van der Waals surface area (Å²) in [5.74, 6) is 0.191. The summed E-state index contributed by atoms with van der Waals surface area (Å²) in [5, 5.41) is 0. The first-order valence-electron chi connectivity index (χ1n) is 6.41. The van der Waals surface area contributed by atoms with E-state index in [0.29, 0.717) is 5.56 Å². The zero-order valence-corrected chi connectivity index (χ0v) is 12.6. The summed E-state index contributed by atoms with van der Waals surface area (Å²) in [5.41, 5.74) is 0.508. The molecule has 0 amide bonds. The fraction of sp³-hybridized carbons (Fsp3) is 0.500. The molecular formula is C14H21NO3S. The fourth-order valence-corrected chi connectivity index (χ4v) is 3.00. The van der Waals surface area contributed by atoms with E-state index in [-0.39, 0.29) is 22.6 Å². The SMILES string of the molecule is CCC(C)C(C)NS(=O)(=O)c1ccc(C(C)=O)cc1. The molecule has 0 fully saturated rings. The van der Waals surface area contributed by atoms with Crippen molar-refractivity contribution in [1.29, 1.82) is 0 Å². The second-order valence-corrected chi connectivity index (χ2v) is 6.59. The second kappa shape index (κ2) is 6.30. The molecule has 0 aliphatic carbocycles. The Morgan fingerprint density at radius 1 is 1.21 bits per heavy atom. The van der Waals surface area contributed by atoms with Crippen LogP contribution < -0.4 is 4.72 Å². The normalized spacial score (nSPS) is 14.9. The number of sulfonamides is 1. The number of carbonyl (C=O) groups is 1. The Morgan fingerprint density at radius 2 is 1.74 bits per heavy atom. The monoisotopic (exact) mass is 283 g/mol. The van der Waals surface area contributed by atoms with E-state index in [2.05, 4.69) is 4.72 Å². The van der Waals surface area contributed by atoms with Gasteiger partial charge in [0, 0.05) is 11.6 Å². The van der Waals surface area contributed by atoms with Crippen molar-refractivity contribution >= 4 is 15.8 Å². The summed E-state index contributed by atoms with van der Waals surface area (Å²) < 4.78 is 27.0. The van der Waals surface area contributed by atoms with Gasteiger partial charge in [0.05, 0.1) is 4.90 Å². The maximum absolute atomic E-state index is 12.1. The van der Waals surface area contributed by atoms with Crippen LogP contribution in [0, 0.1) is 5.92 Å². The number of hydrogen-bond donors (Lipinski definition) is 1. The van der Waals surface area contributed by atoms with Crippen LogP contribution in [-0.2, 0) is 10.0 Å². The summed E-state index contributed by atoms with van der Waals surface area (Å²) in [6.07, 6.45) is 0.910. The molecule has 0 aromatic heterocycles. The highest BCUT2D eigenvalue weighted by atomic mass is 32.2. The Kier molecular flexibility index (Phi) is 5.26. The molecule has 5 heteroatoms. The van der Waals surface area contributed by atoms with Crippen molar-refractivity contribution in [3.8, 4) is 0 Å². The fourth-order valence-electron chi connectivity index (χ4n) is 1.65. The maximum atomic E-state index is 12.1. The minimum absolute atomic E-state index is 0.0788. The predicted octanol–water partition coefficient (Wildman–Crippen LogP) is 2.60. The minimum atomic E-state index is -3.52. The van der Waals surface area contributed by atoms with Gasteiger partial charge in [-0.05, 0) is 31.9 Å². The van der Waals surface area contributed by atoms with Gasteiger partial charge in [0.25, 0.3) is 0 Å². The number of benzene rings is 1. The van der Waals surface area contributed by atoms with Crippen molar-refractivity contribution in [2.24, 2.45) is 5.92 Å². The molecule has 19 heavy (non-hydrogen) atoms. The summed E-state index contributed by atoms with van der Waals surface area (Å²) in [7, 11) is -3.52. The van der Waals surface area contributed by atoms with E-state index >= 15 is 0 Å². The van der Waals surface area contributed by atoms with Gasteiger partial charge in [-0.2, -0.15) is 0 Å². The summed E-state index contributed by atoms with van der Waals surface area (Å²) >= 11 is 0. The van der Waals surface area contributed by atoms with E-state index in [1.54, 1.807) is 0 Å². The van der Waals surface area contributed by atoms with Gasteiger partial charge in [-0.15, -0.1) is 0 Å². The molecule has 1 N–H and O–H groups in total. The van der Waals surface area contributed by atoms with Crippen molar-refractivity contribution in [2.75, 3.05) is 0 Å². The summed E-state index contributed by atoms with van der Waals surface area (Å²) in [6.45, 7) is 7.34. The molecular weight excluding hydrogens is 262 g/mol. The molecule has 0 saturated heterocycles. The number of carbonyl (C=O) groups excluding carboxylic acids is 1. The van der Waals surface area contributed by atoms with Crippen LogP contribution in [0.15, 0.2) is 29.2 Å². The zero-order valence-electron chi connectivity index (χ0n) is 11.8. The lowest BCUT2D eigenvalue weighted by Gasteiger charge is -2.19. The molecule has 2 atom stereocenters. The number of rotatable bonds is 6. The molecule has 0 saturated carbocycles. The summed E-state index contributed by atoms with van der Waals surface area (Å²) in [6, 6.07) is 5.86. The van der Waals surface area contributed by atoms with Crippen molar-refractivity contribution in [3.05, 3.63) is 29.8 Å². The third-order valence-corrected chi connectivity index (χ3v) is 4.98. The van der Waals surface area contributed by atoms with E-state index < -0.39 is 10.0 Å². The largest absolute Gasteiger partial charge is 0.295 e. The van der Waals surface area contributed by atoms with Gasteiger partial charge >= 0.3 is 0 Å². The molecule has 0 aliphatic rings. The number of hydrogen-bond acceptors (Lipinski definition) is 3. The van der Waals surface area contributed by atoms with Crippen LogP contribution in [0.3, 0.4) is 0 Å². The predicted molar refractivity (Wildman–Crippen MR) is 75.7 cm³/mol. The van der Waals surface area contributed by atoms with Crippen LogP contribution in [0.25, 0.3) is 0 Å². The average Bonchev–Trinajstić information content (AvgIpc) is 2.37. The molecule has 0 bridgehead atoms. The average molecular weight is 283 g/mol. The van der Waals surface area contributed by atoms with Gasteiger partial charge in [-0.1, -0.05) is 32.4 Å². The molecule has 0 radical (unpaired) electrons. The van der Waals surface area contributed by atoms with Gasteiger partial charge in [-0.3, -0.25) is 4.79 Å². The highest BCUT2D eigenvalue weighted by molar-refractivity contribution is 7.89. The lowest BCUT2D eigenvalue weighted by molar-refractivity contribution is 0.101. The molecule has 1 aromatic rings. The minimum Gasteiger partial charge on any atom is -0.295 e. The van der Waals surface area contributed by atoms with Crippen molar-refractivity contribution in [2.45, 2.75) is 45.1 Å². The maximum Gasteiger partial charge on any atom is 0.240 e. The van der Waals surface area contributed by atoms with Crippen LogP contribution in [0.5, 0.6) is 0 Å². The van der Waals surface area contributed by atoms with Crippen molar-refractivity contribution in [3.63, 3.8) is 0 Å². The zero-order chi connectivity index (χ0) is 14.6. The Balaban J connectivity index is 2.91. The Bertz CT molecular complexity index is 534. The first-order chi connectivity index (χ1) is 8.77. The van der Waals surface area contributed by atoms with E-state index in [9.17, 15) is 13.2 Å². The molecule has 1 rings (SSSR count). The Hall–Kier alpha value is -1.20. The molecule has 0 aliphatic heterocycles. The highest BCUT2D eigenvalue weighted by Crippen LogP contribution is 2.14. The van der Waals surface area contributed by atoms with Gasteiger partial charge in [0.15, 0.2) is 5.78 Å². The van der Waals surface area contributed by atoms with E-state index in [1.807, 2.05) is 20.8 Å². The second-order valence-electron chi connectivity index (χ2n) is 4.88. The van der Waals surface area contributed by atoms with E-state index in [0.717, 1.165) is 6.42 Å². The highest BCUT2D eigenvalue weighted by Gasteiger charge is 2.20. The molecule has 0 spiro atoms. The van der Waals surface area contributed by atoms with Crippen LogP contribution in [-0.4, -0.2) is 20.2 Å². The van der Waals surface area contributed by atoms with Gasteiger partial charge in [0.1, 0.15) is 0 Å². The quantitative estimate of drug-likeness (QED) is 0.816. The van der Waals surface area contributed by atoms with Gasteiger partial charge < -0.3 is 0 Å². The molecule has 1 aromatic carbocycles. The molecule has 2 unspecified atom stereocenters. The van der Waals surface area contributed by atoms with Gasteiger partial charge in [-0.25, -0.2) is 13.1 Å². The first-order valence-corrected chi connectivity index (χ1v) is 7.89. The van der Waals surface area contributed by atoms with Crippen molar-refractivity contribution in [1.82, 2.24) is 4.72 Å². The Labute approximate surface area is 115 Å². The van der Waals surface area contributed by atoms with E-state index in [4.69, 9.17) is 0 Å². The lowest BCUT2D eigenvalue weighted by atomic mass is 10.0. The third kappa shape index (κ3) is 4.14. The topological polar surface area (TPSA) is 63.2 Å². The number of nitrogens with one attached hydrogen (secondary N) is 1. The number of ketones is 1. The smallest absolute Gasteiger partial charge is 0.240 e. The van der Waals surface area contributed by atoms with Crippen LogP contribution in [0.2, 0.25) is 0 Å². The lowest BCUT2D eigenvalue weighted by Crippen LogP contribution is -2.36. The van der Waals surface area contributed by atoms with Crippen LogP contribution >= 0.6 is 0 Å². The van der Waals surface area contributed by atoms with Crippen LogP contribution in [0.1, 0.15) is 44.5 Å². The van der Waals surface area contributed by atoms with Gasteiger partial charge in [0.2, 0.25) is 10.0 Å². The number of Topliss-reactive ketones (excluding diaryl/α,β-unsaturated/α-hetero) is 1. The van der Waals surface area contributed by atoms with E-state index in [1.165, 1.54) is 31.2 Å². The third-order valence-electron chi connectivity index (χ3n) is 3.41. The first kappa shape index (κ1) is 15.9. The van der Waals surface area contributed by atoms with Crippen LogP contribution in [0.4, 0.5) is 0 Å².